The van der Waals surface area contributed by atoms with Crippen LogP contribution >= 0.6 is 0 Å². The molecule has 1 heterocycles. The highest BCUT2D eigenvalue weighted by Crippen LogP contribution is 2.10. The molecular formula is C13H29N3. The van der Waals surface area contributed by atoms with Crippen molar-refractivity contribution in [3.8, 4) is 0 Å². The van der Waals surface area contributed by atoms with E-state index in [1.807, 2.05) is 0 Å². The Bertz CT molecular complexity index is 184. The second-order valence-electron chi connectivity index (χ2n) is 5.23. The van der Waals surface area contributed by atoms with E-state index in [1.54, 1.807) is 0 Å². The van der Waals surface area contributed by atoms with Gasteiger partial charge in [0.25, 0.3) is 0 Å². The number of nitrogens with zero attached hydrogens (tertiary/aromatic N) is 2. The van der Waals surface area contributed by atoms with Gasteiger partial charge >= 0.3 is 0 Å². The molecule has 0 aromatic heterocycles. The van der Waals surface area contributed by atoms with Crippen LogP contribution in [0.15, 0.2) is 0 Å². The molecule has 1 N–H and O–H groups in total. The molecule has 0 spiro atoms. The number of hydrogen-bond acceptors (Lipinski definition) is 3. The number of rotatable bonds is 5. The van der Waals surface area contributed by atoms with Crippen molar-refractivity contribution in [3.05, 3.63) is 0 Å². The molecule has 0 radical (unpaired) electrons. The summed E-state index contributed by atoms with van der Waals surface area (Å²) in [6.07, 6.45) is 3.87. The molecule has 0 aliphatic carbocycles. The fourth-order valence-corrected chi connectivity index (χ4v) is 2.65. The van der Waals surface area contributed by atoms with Gasteiger partial charge in [0, 0.05) is 25.2 Å². The predicted molar refractivity (Wildman–Crippen MR) is 70.9 cm³/mol. The summed E-state index contributed by atoms with van der Waals surface area (Å²) < 4.78 is 0. The highest BCUT2D eigenvalue weighted by Gasteiger charge is 2.21. The lowest BCUT2D eigenvalue weighted by molar-refractivity contribution is 0.181. The minimum absolute atomic E-state index is 0.663. The molecule has 0 bridgehead atoms. The van der Waals surface area contributed by atoms with Gasteiger partial charge in [-0.1, -0.05) is 13.3 Å². The Hall–Kier alpha value is -0.120. The van der Waals surface area contributed by atoms with Crippen molar-refractivity contribution in [2.75, 3.05) is 40.3 Å². The van der Waals surface area contributed by atoms with E-state index < -0.39 is 0 Å². The summed E-state index contributed by atoms with van der Waals surface area (Å²) in [6.45, 7) is 9.55. The Morgan fingerprint density at radius 2 is 2.12 bits per heavy atom. The molecule has 2 unspecified atom stereocenters. The van der Waals surface area contributed by atoms with Crippen molar-refractivity contribution in [3.63, 3.8) is 0 Å². The fraction of sp³-hybridized carbons (Fsp3) is 1.00. The van der Waals surface area contributed by atoms with Gasteiger partial charge in [0.05, 0.1) is 0 Å². The highest BCUT2D eigenvalue weighted by molar-refractivity contribution is 4.79. The first-order valence-corrected chi connectivity index (χ1v) is 6.77. The van der Waals surface area contributed by atoms with Gasteiger partial charge in [0.2, 0.25) is 0 Å². The topological polar surface area (TPSA) is 18.5 Å². The molecule has 1 fully saturated rings. The molecular weight excluding hydrogens is 198 g/mol. The summed E-state index contributed by atoms with van der Waals surface area (Å²) in [7, 11) is 4.33. The Kier molecular flexibility index (Phi) is 6.32. The van der Waals surface area contributed by atoms with Crippen molar-refractivity contribution >= 4 is 0 Å². The lowest BCUT2D eigenvalue weighted by Gasteiger charge is -2.31. The molecule has 16 heavy (non-hydrogen) atoms. The smallest absolute Gasteiger partial charge is 0.0195 e. The Morgan fingerprint density at radius 3 is 2.75 bits per heavy atom. The van der Waals surface area contributed by atoms with E-state index in [0.29, 0.717) is 12.1 Å². The van der Waals surface area contributed by atoms with E-state index in [4.69, 9.17) is 0 Å². The van der Waals surface area contributed by atoms with E-state index >= 15 is 0 Å². The van der Waals surface area contributed by atoms with Crippen molar-refractivity contribution in [2.24, 2.45) is 0 Å². The summed E-state index contributed by atoms with van der Waals surface area (Å²) in [4.78, 5) is 5.11. The average Bonchev–Trinajstić information content (AvgIpc) is 2.40. The van der Waals surface area contributed by atoms with Crippen LogP contribution in [0.2, 0.25) is 0 Å². The SMILES string of the molecule is CCCC(CN1CCCN(C)CC1C)NC. The van der Waals surface area contributed by atoms with E-state index in [-0.39, 0.29) is 0 Å². The van der Waals surface area contributed by atoms with Crippen molar-refractivity contribution in [1.29, 1.82) is 0 Å². The molecule has 96 valence electrons. The molecule has 2 atom stereocenters. The highest BCUT2D eigenvalue weighted by atomic mass is 15.2. The predicted octanol–water partition coefficient (Wildman–Crippen LogP) is 1.40. The van der Waals surface area contributed by atoms with Gasteiger partial charge in [0.1, 0.15) is 0 Å². The van der Waals surface area contributed by atoms with Gasteiger partial charge in [-0.25, -0.2) is 0 Å². The van der Waals surface area contributed by atoms with Crippen LogP contribution in [0.5, 0.6) is 0 Å². The Labute approximate surface area is 101 Å². The number of hydrogen-bond donors (Lipinski definition) is 1. The third-order valence-corrected chi connectivity index (χ3v) is 3.68. The van der Waals surface area contributed by atoms with Crippen LogP contribution in [0.1, 0.15) is 33.1 Å². The summed E-state index contributed by atoms with van der Waals surface area (Å²) in [5, 5.41) is 3.45. The number of nitrogens with one attached hydrogen (secondary N) is 1. The largest absolute Gasteiger partial charge is 0.316 e. The zero-order chi connectivity index (χ0) is 12.0. The monoisotopic (exact) mass is 227 g/mol. The maximum Gasteiger partial charge on any atom is 0.0195 e. The second kappa shape index (κ2) is 7.25. The molecule has 1 aliphatic heterocycles. The molecule has 0 aromatic carbocycles. The van der Waals surface area contributed by atoms with E-state index in [1.165, 1.54) is 45.4 Å². The molecule has 1 aliphatic rings. The zero-order valence-electron chi connectivity index (χ0n) is 11.5. The van der Waals surface area contributed by atoms with E-state index in [0.717, 1.165) is 0 Å². The summed E-state index contributed by atoms with van der Waals surface area (Å²) in [5.74, 6) is 0. The Balaban J connectivity index is 2.44. The van der Waals surface area contributed by atoms with Gasteiger partial charge in [-0.3, -0.25) is 4.90 Å². The molecule has 0 aromatic rings. The lowest BCUT2D eigenvalue weighted by Crippen LogP contribution is -2.45. The minimum atomic E-state index is 0.663. The standard InChI is InChI=1S/C13H29N3/c1-5-7-13(14-3)11-16-9-6-8-15(4)10-12(16)2/h12-14H,5-11H2,1-4H3. The average molecular weight is 227 g/mol. The van der Waals surface area contributed by atoms with E-state index in [2.05, 4.69) is 43.1 Å². The van der Waals surface area contributed by atoms with E-state index in [9.17, 15) is 0 Å². The fourth-order valence-electron chi connectivity index (χ4n) is 2.65. The molecule has 0 amide bonds. The van der Waals surface area contributed by atoms with Crippen LogP contribution in [0.3, 0.4) is 0 Å². The summed E-state index contributed by atoms with van der Waals surface area (Å²) in [5.41, 5.74) is 0. The Morgan fingerprint density at radius 1 is 1.38 bits per heavy atom. The quantitative estimate of drug-likeness (QED) is 0.766. The van der Waals surface area contributed by atoms with Gasteiger partial charge in [-0.15, -0.1) is 0 Å². The van der Waals surface area contributed by atoms with Crippen molar-refractivity contribution in [2.45, 2.75) is 45.2 Å². The van der Waals surface area contributed by atoms with Crippen LogP contribution in [0.4, 0.5) is 0 Å². The van der Waals surface area contributed by atoms with Crippen LogP contribution < -0.4 is 5.32 Å². The second-order valence-corrected chi connectivity index (χ2v) is 5.23. The summed E-state index contributed by atoms with van der Waals surface area (Å²) >= 11 is 0. The van der Waals surface area contributed by atoms with Gasteiger partial charge in [-0.05, 0) is 47.0 Å². The zero-order valence-corrected chi connectivity index (χ0v) is 11.5. The molecule has 1 rings (SSSR count). The van der Waals surface area contributed by atoms with Gasteiger partial charge < -0.3 is 10.2 Å². The summed E-state index contributed by atoms with van der Waals surface area (Å²) in [6, 6.07) is 1.36. The third kappa shape index (κ3) is 4.40. The van der Waals surface area contributed by atoms with Crippen LogP contribution in [-0.4, -0.2) is 62.2 Å². The first-order chi connectivity index (χ1) is 7.67. The number of likely N-dealkylation sites (N-methyl/N-ethyl adjacent to an activating group) is 2. The first-order valence-electron chi connectivity index (χ1n) is 6.77. The first kappa shape index (κ1) is 13.9. The van der Waals surface area contributed by atoms with Crippen LogP contribution in [-0.2, 0) is 0 Å². The van der Waals surface area contributed by atoms with Crippen molar-refractivity contribution in [1.82, 2.24) is 15.1 Å². The maximum absolute atomic E-state index is 3.45. The van der Waals surface area contributed by atoms with Crippen LogP contribution in [0.25, 0.3) is 0 Å². The minimum Gasteiger partial charge on any atom is -0.316 e. The van der Waals surface area contributed by atoms with Crippen molar-refractivity contribution < 1.29 is 0 Å². The maximum atomic E-state index is 3.45. The molecule has 3 heteroatoms. The third-order valence-electron chi connectivity index (χ3n) is 3.68. The van der Waals surface area contributed by atoms with Crippen LogP contribution in [0, 0.1) is 0 Å². The molecule has 1 saturated heterocycles. The molecule has 0 saturated carbocycles. The lowest BCUT2D eigenvalue weighted by atomic mass is 10.1. The normalized spacial score (nSPS) is 26.6. The van der Waals surface area contributed by atoms with Gasteiger partial charge in [-0.2, -0.15) is 0 Å². The van der Waals surface area contributed by atoms with Gasteiger partial charge in [0.15, 0.2) is 0 Å². The molecule has 3 nitrogen and oxygen atoms in total.